The lowest BCUT2D eigenvalue weighted by Crippen LogP contribution is -2.46. The molecule has 2 bridgehead atoms. The van der Waals surface area contributed by atoms with Gasteiger partial charge in [-0.3, -0.25) is 0 Å². The Labute approximate surface area is 73.9 Å². The van der Waals surface area contributed by atoms with Gasteiger partial charge in [-0.1, -0.05) is 0 Å². The van der Waals surface area contributed by atoms with Gasteiger partial charge in [0.15, 0.2) is 0 Å². The molecule has 2 nitrogen and oxygen atoms in total. The maximum Gasteiger partial charge on any atom is 0.0575 e. The number of ether oxygens (including phenoxy) is 1. The molecule has 3 aliphatic rings. The molecule has 3 fully saturated rings. The van der Waals surface area contributed by atoms with Gasteiger partial charge in [0.2, 0.25) is 0 Å². The van der Waals surface area contributed by atoms with Crippen LogP contribution in [0.25, 0.3) is 0 Å². The highest BCUT2D eigenvalue weighted by molar-refractivity contribution is 5.85. The molecule has 2 N–H and O–H groups in total. The predicted octanol–water partition coefficient (Wildman–Crippen LogP) is 1.33. The summed E-state index contributed by atoms with van der Waals surface area (Å²) in [6, 6.07) is 0. The Morgan fingerprint density at radius 1 is 1.36 bits per heavy atom. The van der Waals surface area contributed by atoms with E-state index < -0.39 is 0 Å². The largest absolute Gasteiger partial charge is 0.378 e. The molecule has 2 saturated heterocycles. The highest BCUT2D eigenvalue weighted by Crippen LogP contribution is 2.41. The Morgan fingerprint density at radius 3 is 2.27 bits per heavy atom. The SMILES string of the molecule is Cl.NCC12CCC(CC1)OC2. The second-order valence-electron chi connectivity index (χ2n) is 3.71. The Kier molecular flexibility index (Phi) is 2.79. The highest BCUT2D eigenvalue weighted by Gasteiger charge is 2.39. The number of nitrogens with two attached hydrogens (primary N) is 1. The molecule has 1 aliphatic carbocycles. The van der Waals surface area contributed by atoms with Gasteiger partial charge in [0.05, 0.1) is 12.7 Å². The van der Waals surface area contributed by atoms with E-state index in [4.69, 9.17) is 10.5 Å². The fraction of sp³-hybridized carbons (Fsp3) is 1.00. The first-order chi connectivity index (χ1) is 4.85. The van der Waals surface area contributed by atoms with Crippen molar-refractivity contribution in [2.45, 2.75) is 31.8 Å². The molecule has 0 amide bonds. The third-order valence-corrected chi connectivity index (χ3v) is 3.05. The first-order valence-electron chi connectivity index (χ1n) is 4.16. The topological polar surface area (TPSA) is 35.2 Å². The zero-order valence-corrected chi connectivity index (χ0v) is 7.53. The number of hydrogen-bond donors (Lipinski definition) is 1. The molecule has 0 unspecified atom stereocenters. The lowest BCUT2D eigenvalue weighted by molar-refractivity contribution is -0.110. The Bertz CT molecular complexity index is 118. The summed E-state index contributed by atoms with van der Waals surface area (Å²) < 4.78 is 5.59. The summed E-state index contributed by atoms with van der Waals surface area (Å²) in [5.41, 5.74) is 6.08. The molecular weight excluding hydrogens is 162 g/mol. The van der Waals surface area contributed by atoms with Crippen molar-refractivity contribution in [3.05, 3.63) is 0 Å². The van der Waals surface area contributed by atoms with E-state index in [1.54, 1.807) is 0 Å². The van der Waals surface area contributed by atoms with Crippen molar-refractivity contribution in [3.8, 4) is 0 Å². The monoisotopic (exact) mass is 177 g/mol. The van der Waals surface area contributed by atoms with E-state index >= 15 is 0 Å². The molecule has 0 aromatic rings. The molecule has 0 atom stereocenters. The van der Waals surface area contributed by atoms with Crippen LogP contribution in [0, 0.1) is 5.41 Å². The minimum atomic E-state index is 0. The average Bonchev–Trinajstić information content (AvgIpc) is 2.08. The van der Waals surface area contributed by atoms with E-state index in [1.165, 1.54) is 25.7 Å². The fourth-order valence-corrected chi connectivity index (χ4v) is 2.07. The van der Waals surface area contributed by atoms with E-state index in [1.807, 2.05) is 0 Å². The van der Waals surface area contributed by atoms with Gasteiger partial charge in [0.1, 0.15) is 0 Å². The molecular formula is C8H16ClNO. The fourth-order valence-electron chi connectivity index (χ4n) is 2.07. The maximum atomic E-state index is 5.69. The van der Waals surface area contributed by atoms with Gasteiger partial charge in [-0.25, -0.2) is 0 Å². The second-order valence-corrected chi connectivity index (χ2v) is 3.71. The van der Waals surface area contributed by atoms with Crippen LogP contribution in [0.4, 0.5) is 0 Å². The normalized spacial score (nSPS) is 41.7. The van der Waals surface area contributed by atoms with Crippen LogP contribution >= 0.6 is 12.4 Å². The van der Waals surface area contributed by atoms with Gasteiger partial charge in [-0.2, -0.15) is 0 Å². The van der Waals surface area contributed by atoms with Crippen molar-refractivity contribution >= 4 is 12.4 Å². The lowest BCUT2D eigenvalue weighted by atomic mass is 9.71. The van der Waals surface area contributed by atoms with E-state index in [0.29, 0.717) is 11.5 Å². The minimum absolute atomic E-state index is 0. The Hall–Kier alpha value is 0.210. The summed E-state index contributed by atoms with van der Waals surface area (Å²) in [5.74, 6) is 0. The van der Waals surface area contributed by atoms with Crippen LogP contribution in [0.5, 0.6) is 0 Å². The molecule has 11 heavy (non-hydrogen) atoms. The summed E-state index contributed by atoms with van der Waals surface area (Å²) in [4.78, 5) is 0. The standard InChI is InChI=1S/C8H15NO.ClH/c9-5-8-3-1-7(2-4-8)10-6-8;/h7H,1-6,9H2;1H. The van der Waals surface area contributed by atoms with Crippen molar-refractivity contribution in [2.24, 2.45) is 11.1 Å². The zero-order chi connectivity index (χ0) is 7.03. The first kappa shape index (κ1) is 9.30. The van der Waals surface area contributed by atoms with Crippen LogP contribution in [-0.2, 0) is 4.74 Å². The number of hydrogen-bond acceptors (Lipinski definition) is 2. The smallest absolute Gasteiger partial charge is 0.0575 e. The zero-order valence-electron chi connectivity index (χ0n) is 6.71. The molecule has 0 aromatic carbocycles. The van der Waals surface area contributed by atoms with E-state index in [0.717, 1.165) is 13.2 Å². The Balaban J connectivity index is 0.000000605. The van der Waals surface area contributed by atoms with Crippen LogP contribution in [0.2, 0.25) is 0 Å². The van der Waals surface area contributed by atoms with E-state index in [9.17, 15) is 0 Å². The van der Waals surface area contributed by atoms with Crippen molar-refractivity contribution in [1.29, 1.82) is 0 Å². The van der Waals surface area contributed by atoms with Gasteiger partial charge in [-0.15, -0.1) is 12.4 Å². The number of fused-ring (bicyclic) bond motifs is 3. The molecule has 2 aliphatic heterocycles. The third kappa shape index (κ3) is 1.53. The predicted molar refractivity (Wildman–Crippen MR) is 46.9 cm³/mol. The molecule has 2 heterocycles. The van der Waals surface area contributed by atoms with Gasteiger partial charge >= 0.3 is 0 Å². The van der Waals surface area contributed by atoms with Gasteiger partial charge < -0.3 is 10.5 Å². The summed E-state index contributed by atoms with van der Waals surface area (Å²) in [6.07, 6.45) is 5.67. The molecule has 0 spiro atoms. The minimum Gasteiger partial charge on any atom is -0.378 e. The second kappa shape index (κ2) is 3.30. The average molecular weight is 178 g/mol. The summed E-state index contributed by atoms with van der Waals surface area (Å²) >= 11 is 0. The van der Waals surface area contributed by atoms with Crippen LogP contribution < -0.4 is 5.73 Å². The van der Waals surface area contributed by atoms with Crippen LogP contribution in [0.3, 0.4) is 0 Å². The van der Waals surface area contributed by atoms with Crippen molar-refractivity contribution in [2.75, 3.05) is 13.2 Å². The number of rotatable bonds is 1. The summed E-state index contributed by atoms with van der Waals surface area (Å²) in [7, 11) is 0. The third-order valence-electron chi connectivity index (χ3n) is 3.05. The van der Waals surface area contributed by atoms with Gasteiger partial charge in [0, 0.05) is 12.0 Å². The maximum absolute atomic E-state index is 5.69. The molecule has 0 radical (unpaired) electrons. The Morgan fingerprint density at radius 2 is 2.00 bits per heavy atom. The molecule has 3 rings (SSSR count). The molecule has 66 valence electrons. The van der Waals surface area contributed by atoms with Crippen LogP contribution in [-0.4, -0.2) is 19.3 Å². The summed E-state index contributed by atoms with van der Waals surface area (Å²) in [6.45, 7) is 1.74. The highest BCUT2D eigenvalue weighted by atomic mass is 35.5. The van der Waals surface area contributed by atoms with Gasteiger partial charge in [-0.05, 0) is 25.7 Å². The van der Waals surface area contributed by atoms with Gasteiger partial charge in [0.25, 0.3) is 0 Å². The van der Waals surface area contributed by atoms with E-state index in [2.05, 4.69) is 0 Å². The molecule has 3 heteroatoms. The summed E-state index contributed by atoms with van der Waals surface area (Å²) in [5, 5.41) is 0. The first-order valence-corrected chi connectivity index (χ1v) is 4.16. The van der Waals surface area contributed by atoms with Crippen molar-refractivity contribution in [3.63, 3.8) is 0 Å². The quantitative estimate of drug-likeness (QED) is 0.656. The van der Waals surface area contributed by atoms with Crippen LogP contribution in [0.1, 0.15) is 25.7 Å². The van der Waals surface area contributed by atoms with Crippen molar-refractivity contribution < 1.29 is 4.74 Å². The molecule has 0 aromatic heterocycles. The lowest BCUT2D eigenvalue weighted by Gasteiger charge is -2.45. The van der Waals surface area contributed by atoms with Crippen molar-refractivity contribution in [1.82, 2.24) is 0 Å². The van der Waals surface area contributed by atoms with Crippen LogP contribution in [0.15, 0.2) is 0 Å². The molecule has 1 saturated carbocycles. The van der Waals surface area contributed by atoms with E-state index in [-0.39, 0.29) is 12.4 Å². The number of halogens is 1.